The quantitative estimate of drug-likeness (QED) is 0.682. The standard InChI is InChI=1S/C21H25BrN2O4/c1-3-27-19-14-18(24-9-11-26-12-10-24)20(28-4-2)13-17(19)23-21(25)15-5-7-16(22)8-6-15/h5-8,13-14H,3-4,9-12H2,1-2H3,(H,23,25). The second-order valence-electron chi connectivity index (χ2n) is 6.24. The van der Waals surface area contributed by atoms with Crippen molar-refractivity contribution in [3.8, 4) is 11.5 Å². The van der Waals surface area contributed by atoms with Crippen molar-refractivity contribution in [1.82, 2.24) is 0 Å². The Labute approximate surface area is 173 Å². The van der Waals surface area contributed by atoms with E-state index >= 15 is 0 Å². The van der Waals surface area contributed by atoms with Crippen LogP contribution in [-0.4, -0.2) is 45.4 Å². The number of carbonyl (C=O) groups is 1. The minimum atomic E-state index is -0.199. The van der Waals surface area contributed by atoms with Crippen molar-refractivity contribution in [1.29, 1.82) is 0 Å². The van der Waals surface area contributed by atoms with Gasteiger partial charge in [-0.2, -0.15) is 0 Å². The van der Waals surface area contributed by atoms with Gasteiger partial charge in [-0.1, -0.05) is 15.9 Å². The number of nitrogens with zero attached hydrogens (tertiary/aromatic N) is 1. The number of rotatable bonds is 7. The number of ether oxygens (including phenoxy) is 3. The second kappa shape index (κ2) is 9.80. The number of anilines is 2. The lowest BCUT2D eigenvalue weighted by Crippen LogP contribution is -2.36. The molecule has 1 aliphatic heterocycles. The van der Waals surface area contributed by atoms with Gasteiger partial charge in [-0.15, -0.1) is 0 Å². The number of morpholine rings is 1. The van der Waals surface area contributed by atoms with Crippen molar-refractivity contribution >= 4 is 33.2 Å². The van der Waals surface area contributed by atoms with Crippen LogP contribution in [0.3, 0.4) is 0 Å². The lowest BCUT2D eigenvalue weighted by atomic mass is 10.1. The molecule has 28 heavy (non-hydrogen) atoms. The second-order valence-corrected chi connectivity index (χ2v) is 7.16. The fourth-order valence-electron chi connectivity index (χ4n) is 3.04. The molecular weight excluding hydrogens is 424 g/mol. The van der Waals surface area contributed by atoms with Gasteiger partial charge in [-0.3, -0.25) is 4.79 Å². The van der Waals surface area contributed by atoms with E-state index in [2.05, 4.69) is 26.1 Å². The van der Waals surface area contributed by atoms with Crippen molar-refractivity contribution in [2.45, 2.75) is 13.8 Å². The fraction of sp³-hybridized carbons (Fsp3) is 0.381. The summed E-state index contributed by atoms with van der Waals surface area (Å²) in [4.78, 5) is 14.9. The Morgan fingerprint density at radius 2 is 1.71 bits per heavy atom. The monoisotopic (exact) mass is 448 g/mol. The van der Waals surface area contributed by atoms with Crippen LogP contribution in [0.25, 0.3) is 0 Å². The molecule has 2 aromatic carbocycles. The highest BCUT2D eigenvalue weighted by atomic mass is 79.9. The number of carbonyl (C=O) groups excluding carboxylic acids is 1. The van der Waals surface area contributed by atoms with E-state index in [-0.39, 0.29) is 5.91 Å². The predicted octanol–water partition coefficient (Wildman–Crippen LogP) is 4.34. The SMILES string of the molecule is CCOc1cc(N2CCOCC2)c(OCC)cc1NC(=O)c1ccc(Br)cc1. The molecule has 1 fully saturated rings. The topological polar surface area (TPSA) is 60.0 Å². The third kappa shape index (κ3) is 4.97. The summed E-state index contributed by atoms with van der Waals surface area (Å²) >= 11 is 3.38. The Bertz CT molecular complexity index is 805. The molecule has 0 saturated carbocycles. The number of nitrogens with one attached hydrogen (secondary N) is 1. The number of amides is 1. The molecule has 3 rings (SSSR count). The van der Waals surface area contributed by atoms with E-state index in [9.17, 15) is 4.79 Å². The molecule has 1 amide bonds. The van der Waals surface area contributed by atoms with E-state index in [1.165, 1.54) is 0 Å². The minimum Gasteiger partial charge on any atom is -0.492 e. The predicted molar refractivity (Wildman–Crippen MR) is 114 cm³/mol. The molecule has 6 nitrogen and oxygen atoms in total. The van der Waals surface area contributed by atoms with Crippen LogP contribution in [0.1, 0.15) is 24.2 Å². The van der Waals surface area contributed by atoms with Crippen LogP contribution in [0.2, 0.25) is 0 Å². The van der Waals surface area contributed by atoms with Crippen LogP contribution in [0, 0.1) is 0 Å². The third-order valence-corrected chi connectivity index (χ3v) is 4.90. The van der Waals surface area contributed by atoms with Gasteiger partial charge in [0.25, 0.3) is 5.91 Å². The minimum absolute atomic E-state index is 0.199. The summed E-state index contributed by atoms with van der Waals surface area (Å²) in [6.07, 6.45) is 0. The molecule has 0 radical (unpaired) electrons. The summed E-state index contributed by atoms with van der Waals surface area (Å²) in [5.74, 6) is 1.15. The van der Waals surface area contributed by atoms with Gasteiger partial charge < -0.3 is 24.4 Å². The summed E-state index contributed by atoms with van der Waals surface area (Å²) < 4.78 is 18.1. The van der Waals surface area contributed by atoms with Crippen molar-refractivity contribution in [3.05, 3.63) is 46.4 Å². The third-order valence-electron chi connectivity index (χ3n) is 4.37. The highest BCUT2D eigenvalue weighted by Gasteiger charge is 2.20. The number of hydrogen-bond acceptors (Lipinski definition) is 5. The molecule has 7 heteroatoms. The Kier molecular flexibility index (Phi) is 7.17. The molecule has 0 aliphatic carbocycles. The lowest BCUT2D eigenvalue weighted by Gasteiger charge is -2.31. The first-order valence-corrected chi connectivity index (χ1v) is 10.2. The Morgan fingerprint density at radius 3 is 2.36 bits per heavy atom. The van der Waals surface area contributed by atoms with Crippen molar-refractivity contribution in [2.24, 2.45) is 0 Å². The smallest absolute Gasteiger partial charge is 0.255 e. The van der Waals surface area contributed by atoms with E-state index in [4.69, 9.17) is 14.2 Å². The summed E-state index contributed by atoms with van der Waals surface area (Å²) in [7, 11) is 0. The number of benzene rings is 2. The van der Waals surface area contributed by atoms with Crippen molar-refractivity contribution in [2.75, 3.05) is 49.7 Å². The van der Waals surface area contributed by atoms with E-state index < -0.39 is 0 Å². The van der Waals surface area contributed by atoms with E-state index in [0.29, 0.717) is 43.4 Å². The summed E-state index contributed by atoms with van der Waals surface area (Å²) in [5, 5.41) is 2.96. The normalized spacial score (nSPS) is 13.9. The van der Waals surface area contributed by atoms with Gasteiger partial charge in [0.15, 0.2) is 0 Å². The van der Waals surface area contributed by atoms with Crippen molar-refractivity contribution in [3.63, 3.8) is 0 Å². The maximum absolute atomic E-state index is 12.7. The van der Waals surface area contributed by atoms with Gasteiger partial charge in [0, 0.05) is 35.3 Å². The molecule has 1 heterocycles. The Morgan fingerprint density at radius 1 is 1.07 bits per heavy atom. The van der Waals surface area contributed by atoms with Gasteiger partial charge in [0.05, 0.1) is 37.8 Å². The van der Waals surface area contributed by atoms with Crippen LogP contribution in [0.15, 0.2) is 40.9 Å². The van der Waals surface area contributed by atoms with Crippen LogP contribution in [0.4, 0.5) is 11.4 Å². The first kappa shape index (κ1) is 20.5. The zero-order chi connectivity index (χ0) is 19.9. The maximum atomic E-state index is 12.7. The van der Waals surface area contributed by atoms with Crippen molar-refractivity contribution < 1.29 is 19.0 Å². The molecule has 2 aromatic rings. The van der Waals surface area contributed by atoms with Gasteiger partial charge in [0.1, 0.15) is 11.5 Å². The van der Waals surface area contributed by atoms with Crippen LogP contribution in [-0.2, 0) is 4.74 Å². The van der Waals surface area contributed by atoms with E-state index in [1.54, 1.807) is 12.1 Å². The molecule has 1 saturated heterocycles. The Hall–Kier alpha value is -2.25. The maximum Gasteiger partial charge on any atom is 0.255 e. The van der Waals surface area contributed by atoms with Gasteiger partial charge >= 0.3 is 0 Å². The first-order chi connectivity index (χ1) is 13.6. The molecule has 0 aromatic heterocycles. The van der Waals surface area contributed by atoms with Gasteiger partial charge in [0.2, 0.25) is 0 Å². The van der Waals surface area contributed by atoms with E-state index in [0.717, 1.165) is 29.0 Å². The zero-order valence-corrected chi connectivity index (χ0v) is 17.8. The summed E-state index contributed by atoms with van der Waals surface area (Å²) in [6, 6.07) is 11.0. The van der Waals surface area contributed by atoms with Gasteiger partial charge in [-0.05, 0) is 38.1 Å². The van der Waals surface area contributed by atoms with Crippen LogP contribution in [0.5, 0.6) is 11.5 Å². The highest BCUT2D eigenvalue weighted by molar-refractivity contribution is 9.10. The highest BCUT2D eigenvalue weighted by Crippen LogP contribution is 2.39. The van der Waals surface area contributed by atoms with Crippen LogP contribution >= 0.6 is 15.9 Å². The van der Waals surface area contributed by atoms with E-state index in [1.807, 2.05) is 38.1 Å². The fourth-order valence-corrected chi connectivity index (χ4v) is 3.30. The molecule has 150 valence electrons. The first-order valence-electron chi connectivity index (χ1n) is 9.45. The van der Waals surface area contributed by atoms with Crippen LogP contribution < -0.4 is 19.7 Å². The lowest BCUT2D eigenvalue weighted by molar-refractivity contribution is 0.102. The molecule has 0 bridgehead atoms. The summed E-state index contributed by atoms with van der Waals surface area (Å²) in [5.41, 5.74) is 2.12. The zero-order valence-electron chi connectivity index (χ0n) is 16.2. The Balaban J connectivity index is 1.93. The molecule has 0 atom stereocenters. The summed E-state index contributed by atoms with van der Waals surface area (Å²) in [6.45, 7) is 7.83. The average Bonchev–Trinajstić information content (AvgIpc) is 2.71. The van der Waals surface area contributed by atoms with Gasteiger partial charge in [-0.25, -0.2) is 0 Å². The number of halogens is 1. The molecular formula is C21H25BrN2O4. The largest absolute Gasteiger partial charge is 0.492 e. The molecule has 0 spiro atoms. The average molecular weight is 449 g/mol. The number of hydrogen-bond donors (Lipinski definition) is 1. The molecule has 0 unspecified atom stereocenters. The molecule has 1 N–H and O–H groups in total. The molecule has 1 aliphatic rings.